The molecule has 0 saturated carbocycles. The van der Waals surface area contributed by atoms with E-state index in [1.165, 1.54) is 153 Å². The molecule has 0 bridgehead atoms. The Morgan fingerprint density at radius 1 is 0.160 bits per heavy atom. The van der Waals surface area contributed by atoms with Crippen LogP contribution in [0.3, 0.4) is 0 Å². The molecule has 0 unspecified atom stereocenters. The average Bonchev–Trinajstić information content (AvgIpc) is 1.57. The number of furan rings is 2. The summed E-state index contributed by atoms with van der Waals surface area (Å²) < 4.78 is 22.9. The van der Waals surface area contributed by atoms with Crippen LogP contribution in [0.15, 0.2) is 373 Å². The van der Waals surface area contributed by atoms with Gasteiger partial charge in [-0.2, -0.15) is 0 Å². The number of fused-ring (bicyclic) bond motifs is 24. The molecule has 6 nitrogen and oxygen atoms in total. The lowest BCUT2D eigenvalue weighted by molar-refractivity contribution is 0.669. The number of aromatic nitrogens is 4. The zero-order chi connectivity index (χ0) is 69.2. The number of nitrogens with zero attached hydrogens (tertiary/aromatic N) is 4. The molecule has 24 rings (SSSR count). The first-order chi connectivity index (χ1) is 52.6. The molecule has 0 aliphatic heterocycles. The fraction of sp³-hybridized carbons (Fsp3) is 0. The Labute approximate surface area is 606 Å². The van der Waals surface area contributed by atoms with Gasteiger partial charge < -0.3 is 27.1 Å². The molecule has 0 N–H and O–H groups in total. The van der Waals surface area contributed by atoms with Crippen molar-refractivity contribution in [2.45, 2.75) is 0 Å². The first kappa shape index (κ1) is 58.4. The number of rotatable bonds is 6. The second kappa shape index (κ2) is 22.6. The minimum atomic E-state index is 0.906. The SMILES string of the molecule is c1ccc2c(-n3c4ccccc4c4cc(-c5ccc6c(c5)c5c7c(ccc5n6-c5cccc6ccccc56)oc5ccccc57)ccc43)cccc2c1.c1ccc2c(-n3c4ccccc4c4cc(-c5ccc6c(c5)c5c7oc8ccccc8c7ccc5n6-c5cccc6ccccc56)ccc43)cccc2c1. The fourth-order valence-electron chi connectivity index (χ4n) is 17.9. The van der Waals surface area contributed by atoms with Crippen LogP contribution in [-0.4, -0.2) is 18.3 Å². The van der Waals surface area contributed by atoms with Gasteiger partial charge in [0.05, 0.1) is 72.3 Å². The van der Waals surface area contributed by atoms with Crippen LogP contribution in [0.4, 0.5) is 0 Å². The monoisotopic (exact) mass is 1350 g/mol. The second-order valence-corrected chi connectivity index (χ2v) is 28.2. The molecule has 6 heterocycles. The zero-order valence-electron chi connectivity index (χ0n) is 57.2. The van der Waals surface area contributed by atoms with Crippen molar-refractivity contribution in [1.82, 2.24) is 18.3 Å². The second-order valence-electron chi connectivity index (χ2n) is 28.2. The van der Waals surface area contributed by atoms with E-state index in [1.807, 2.05) is 12.1 Å². The van der Waals surface area contributed by atoms with Crippen LogP contribution < -0.4 is 0 Å². The maximum absolute atomic E-state index is 6.72. The maximum atomic E-state index is 6.72. The summed E-state index contributed by atoms with van der Waals surface area (Å²) in [6.07, 6.45) is 0. The number of benzene rings is 18. The predicted octanol–water partition coefficient (Wildman–Crippen LogP) is 27.5. The molecule has 0 atom stereocenters. The normalized spacial score (nSPS) is 12.2. The molecule has 0 fully saturated rings. The molecule has 492 valence electrons. The summed E-state index contributed by atoms with van der Waals surface area (Å²) in [5.41, 5.74) is 22.5. The summed E-state index contributed by atoms with van der Waals surface area (Å²) in [5, 5.41) is 24.1. The Bertz CT molecular complexity index is 7830. The summed E-state index contributed by atoms with van der Waals surface area (Å²) >= 11 is 0. The van der Waals surface area contributed by atoms with Gasteiger partial charge in [-0.25, -0.2) is 0 Å². The molecule has 106 heavy (non-hydrogen) atoms. The van der Waals surface area contributed by atoms with E-state index in [0.29, 0.717) is 0 Å². The van der Waals surface area contributed by atoms with Gasteiger partial charge in [0.25, 0.3) is 0 Å². The Morgan fingerprint density at radius 3 is 0.934 bits per heavy atom. The summed E-state index contributed by atoms with van der Waals surface area (Å²) in [6.45, 7) is 0. The highest BCUT2D eigenvalue weighted by atomic mass is 16.3. The highest BCUT2D eigenvalue weighted by Gasteiger charge is 2.25. The zero-order valence-corrected chi connectivity index (χ0v) is 57.2. The third kappa shape index (κ3) is 8.55. The minimum absolute atomic E-state index is 0.906. The number of hydrogen-bond donors (Lipinski definition) is 0. The van der Waals surface area contributed by atoms with Gasteiger partial charge >= 0.3 is 0 Å². The van der Waals surface area contributed by atoms with E-state index >= 15 is 0 Å². The molecule has 0 saturated heterocycles. The molecular formula is C100H60N4O2. The molecular weight excluding hydrogens is 1290 g/mol. The van der Waals surface area contributed by atoms with Crippen molar-refractivity contribution in [3.8, 4) is 45.0 Å². The van der Waals surface area contributed by atoms with Crippen molar-refractivity contribution in [3.05, 3.63) is 364 Å². The molecule has 0 spiro atoms. The Balaban J connectivity index is 0.000000129. The van der Waals surface area contributed by atoms with Gasteiger partial charge in [-0.1, -0.05) is 243 Å². The van der Waals surface area contributed by atoms with E-state index in [-0.39, 0.29) is 0 Å². The lowest BCUT2D eigenvalue weighted by atomic mass is 9.99. The Kier molecular flexibility index (Phi) is 12.5. The van der Waals surface area contributed by atoms with Gasteiger partial charge in [0.1, 0.15) is 22.3 Å². The number of hydrogen-bond acceptors (Lipinski definition) is 2. The van der Waals surface area contributed by atoms with Crippen molar-refractivity contribution < 1.29 is 8.83 Å². The largest absolute Gasteiger partial charge is 0.456 e. The predicted molar refractivity (Wildman–Crippen MR) is 446 cm³/mol. The van der Waals surface area contributed by atoms with Crippen LogP contribution >= 0.6 is 0 Å². The van der Waals surface area contributed by atoms with Crippen molar-refractivity contribution in [2.75, 3.05) is 0 Å². The van der Waals surface area contributed by atoms with Crippen LogP contribution in [0.2, 0.25) is 0 Å². The van der Waals surface area contributed by atoms with Crippen molar-refractivity contribution in [3.63, 3.8) is 0 Å². The van der Waals surface area contributed by atoms with Crippen molar-refractivity contribution in [2.24, 2.45) is 0 Å². The van der Waals surface area contributed by atoms with Crippen LogP contribution in [0, 0.1) is 0 Å². The molecule has 6 aromatic heterocycles. The molecule has 24 aromatic rings. The maximum Gasteiger partial charge on any atom is 0.145 e. The van der Waals surface area contributed by atoms with E-state index in [1.54, 1.807) is 0 Å². The third-order valence-electron chi connectivity index (χ3n) is 22.6. The Morgan fingerprint density at radius 2 is 0.472 bits per heavy atom. The smallest absolute Gasteiger partial charge is 0.145 e. The van der Waals surface area contributed by atoms with Gasteiger partial charge in [-0.05, 0) is 165 Å². The lowest BCUT2D eigenvalue weighted by Crippen LogP contribution is -1.95. The van der Waals surface area contributed by atoms with E-state index in [9.17, 15) is 0 Å². The summed E-state index contributed by atoms with van der Waals surface area (Å²) in [4.78, 5) is 0. The first-order valence-corrected chi connectivity index (χ1v) is 36.4. The van der Waals surface area contributed by atoms with Gasteiger partial charge in [0.15, 0.2) is 0 Å². The molecule has 0 amide bonds. The van der Waals surface area contributed by atoms with Gasteiger partial charge in [0.2, 0.25) is 0 Å². The topological polar surface area (TPSA) is 46.0 Å². The molecule has 0 radical (unpaired) electrons. The van der Waals surface area contributed by atoms with Crippen LogP contribution in [0.25, 0.3) is 219 Å². The van der Waals surface area contributed by atoms with E-state index in [0.717, 1.165) is 66.0 Å². The molecule has 6 heteroatoms. The van der Waals surface area contributed by atoms with Crippen molar-refractivity contribution >= 4 is 174 Å². The minimum Gasteiger partial charge on any atom is -0.456 e. The summed E-state index contributed by atoms with van der Waals surface area (Å²) in [7, 11) is 0. The van der Waals surface area contributed by atoms with Gasteiger partial charge in [-0.15, -0.1) is 0 Å². The van der Waals surface area contributed by atoms with Gasteiger partial charge in [0, 0.05) is 80.8 Å². The molecule has 0 aliphatic rings. The van der Waals surface area contributed by atoms with Crippen LogP contribution in [0.1, 0.15) is 0 Å². The van der Waals surface area contributed by atoms with E-state index in [2.05, 4.69) is 370 Å². The van der Waals surface area contributed by atoms with E-state index in [4.69, 9.17) is 8.83 Å². The fourth-order valence-corrected chi connectivity index (χ4v) is 17.9. The molecule has 18 aromatic carbocycles. The summed E-state index contributed by atoms with van der Waals surface area (Å²) in [5.74, 6) is 0. The Hall–Kier alpha value is -14.2. The average molecular weight is 1350 g/mol. The lowest BCUT2D eigenvalue weighted by Gasteiger charge is -2.12. The number of para-hydroxylation sites is 4. The van der Waals surface area contributed by atoms with Crippen LogP contribution in [0.5, 0.6) is 0 Å². The van der Waals surface area contributed by atoms with Gasteiger partial charge in [-0.3, -0.25) is 0 Å². The highest BCUT2D eigenvalue weighted by Crippen LogP contribution is 2.48. The van der Waals surface area contributed by atoms with Crippen LogP contribution in [-0.2, 0) is 0 Å². The molecule has 0 aliphatic carbocycles. The van der Waals surface area contributed by atoms with E-state index < -0.39 is 0 Å². The highest BCUT2D eigenvalue weighted by molar-refractivity contribution is 6.29. The first-order valence-electron chi connectivity index (χ1n) is 36.4. The third-order valence-corrected chi connectivity index (χ3v) is 22.6. The standard InChI is InChI=1S/2C50H30N2O/c1-3-15-35-31(11-1)13-9-20-42(35)51-44-19-7-5-17-37(44)40-29-33(23-26-45(40)51)34-24-27-46-41(30-34)49-47(28-25-39-38-18-6-8-22-48(38)53-50(39)49)52(46)43-21-10-14-32-12-2-4-16-36(32)43;1-3-15-35-31(11-1)13-9-20-41(35)51-43-19-7-5-17-37(43)39-29-33(23-25-44(39)51)34-24-26-45-40(30-34)49-46(27-28-48-50(49)38-18-6-8-22-47(38)53-48)52(45)42-21-10-14-32-12-2-4-16-36(32)42/h2*1-30H. The van der Waals surface area contributed by atoms with Crippen molar-refractivity contribution in [1.29, 1.82) is 0 Å². The quantitative estimate of drug-likeness (QED) is 0.167. The summed E-state index contributed by atoms with van der Waals surface area (Å²) in [6, 6.07) is 132.